The minimum Gasteiger partial charge on any atom is -0.389 e. The van der Waals surface area contributed by atoms with Gasteiger partial charge in [-0.25, -0.2) is 0 Å². The normalized spacial score (nSPS) is 11.0. The van der Waals surface area contributed by atoms with Crippen molar-refractivity contribution in [3.8, 4) is 6.07 Å². The van der Waals surface area contributed by atoms with Gasteiger partial charge in [-0.3, -0.25) is 4.79 Å². The molecule has 0 bridgehead atoms. The lowest BCUT2D eigenvalue weighted by atomic mass is 10.1. The van der Waals surface area contributed by atoms with Crippen LogP contribution in [0.4, 0.5) is 0 Å². The van der Waals surface area contributed by atoms with Crippen LogP contribution >= 0.6 is 11.3 Å². The molecule has 0 spiro atoms. The fourth-order valence-electron chi connectivity index (χ4n) is 1.50. The molecule has 1 N–H and O–H groups in total. The third-order valence-electron chi connectivity index (χ3n) is 2.23. The van der Waals surface area contributed by atoms with Crippen molar-refractivity contribution in [1.82, 2.24) is 4.90 Å². The summed E-state index contributed by atoms with van der Waals surface area (Å²) < 4.78 is 0. The molecule has 1 aromatic rings. The summed E-state index contributed by atoms with van der Waals surface area (Å²) in [5, 5.41) is 20.3. The molecule has 0 radical (unpaired) electrons. The second kappa shape index (κ2) is 5.30. The van der Waals surface area contributed by atoms with E-state index in [-0.39, 0.29) is 12.5 Å². The Morgan fingerprint density at radius 2 is 2.29 bits per heavy atom. The van der Waals surface area contributed by atoms with Gasteiger partial charge in [0, 0.05) is 13.1 Å². The molecule has 0 aromatic carbocycles. The van der Waals surface area contributed by atoms with E-state index in [1.807, 2.05) is 13.0 Å². The molecule has 0 aliphatic rings. The van der Waals surface area contributed by atoms with Gasteiger partial charge in [-0.2, -0.15) is 5.26 Å². The number of thiophene rings is 1. The van der Waals surface area contributed by atoms with Crippen molar-refractivity contribution in [2.45, 2.75) is 26.4 Å². The van der Waals surface area contributed by atoms with E-state index in [1.165, 1.54) is 11.3 Å². The quantitative estimate of drug-likeness (QED) is 0.889. The third kappa shape index (κ3) is 3.55. The molecule has 17 heavy (non-hydrogen) atoms. The van der Waals surface area contributed by atoms with Gasteiger partial charge in [0.05, 0.1) is 11.2 Å². The molecular weight excluding hydrogens is 236 g/mol. The summed E-state index contributed by atoms with van der Waals surface area (Å²) in [6.45, 7) is 5.92. The van der Waals surface area contributed by atoms with Crippen molar-refractivity contribution >= 4 is 17.2 Å². The molecule has 0 unspecified atom stereocenters. The number of hydrogen-bond acceptors (Lipinski definition) is 4. The predicted molar refractivity (Wildman–Crippen MR) is 66.9 cm³/mol. The summed E-state index contributed by atoms with van der Waals surface area (Å²) in [7, 11) is 0. The molecule has 0 fully saturated rings. The second-order valence-corrected chi connectivity index (χ2v) is 5.32. The van der Waals surface area contributed by atoms with Crippen LogP contribution in [0.3, 0.4) is 0 Å². The van der Waals surface area contributed by atoms with Crippen LogP contribution in [0.5, 0.6) is 0 Å². The van der Waals surface area contributed by atoms with Crippen LogP contribution < -0.4 is 0 Å². The van der Waals surface area contributed by atoms with Gasteiger partial charge >= 0.3 is 0 Å². The van der Waals surface area contributed by atoms with E-state index in [0.29, 0.717) is 17.0 Å². The molecule has 4 nitrogen and oxygen atoms in total. The van der Waals surface area contributed by atoms with Gasteiger partial charge in [-0.1, -0.05) is 0 Å². The van der Waals surface area contributed by atoms with Crippen molar-refractivity contribution in [2.24, 2.45) is 0 Å². The average molecular weight is 252 g/mol. The molecular formula is C12H16N2O2S. The first-order valence-corrected chi connectivity index (χ1v) is 6.26. The van der Waals surface area contributed by atoms with E-state index >= 15 is 0 Å². The van der Waals surface area contributed by atoms with Gasteiger partial charge in [0.2, 0.25) is 0 Å². The van der Waals surface area contributed by atoms with Crippen molar-refractivity contribution in [1.29, 1.82) is 5.26 Å². The summed E-state index contributed by atoms with van der Waals surface area (Å²) in [4.78, 5) is 14.2. The Labute approximate surface area is 105 Å². The average Bonchev–Trinajstić information content (AvgIpc) is 2.71. The molecule has 0 saturated heterocycles. The van der Waals surface area contributed by atoms with Gasteiger partial charge < -0.3 is 10.0 Å². The summed E-state index contributed by atoms with van der Waals surface area (Å²) in [5.74, 6) is -0.193. The first kappa shape index (κ1) is 13.7. The zero-order chi connectivity index (χ0) is 13.1. The van der Waals surface area contributed by atoms with Crippen LogP contribution in [0.15, 0.2) is 11.4 Å². The van der Waals surface area contributed by atoms with Crippen LogP contribution in [0.2, 0.25) is 0 Å². The Hall–Kier alpha value is -1.38. The van der Waals surface area contributed by atoms with Crippen LogP contribution in [0.1, 0.15) is 36.0 Å². The van der Waals surface area contributed by atoms with E-state index in [9.17, 15) is 9.90 Å². The summed E-state index contributed by atoms with van der Waals surface area (Å²) in [6, 6.07) is 3.63. The second-order valence-electron chi connectivity index (χ2n) is 4.41. The zero-order valence-electron chi connectivity index (χ0n) is 10.2. The number of aliphatic hydroxyl groups is 1. The molecule has 1 heterocycles. The largest absolute Gasteiger partial charge is 0.389 e. The first-order valence-electron chi connectivity index (χ1n) is 5.38. The van der Waals surface area contributed by atoms with E-state index in [4.69, 9.17) is 5.26 Å². The maximum absolute atomic E-state index is 12.2. The minimum absolute atomic E-state index is 0.193. The standard InChI is InChI=1S/C12H16N2O2S/c1-4-14(8-12(2,3)16)11(15)10-9(7-13)5-6-17-10/h5-6,16H,4,8H2,1-3H3. The Morgan fingerprint density at radius 1 is 1.65 bits per heavy atom. The Kier molecular flexibility index (Phi) is 4.27. The number of hydrogen-bond donors (Lipinski definition) is 1. The molecule has 0 aliphatic heterocycles. The Morgan fingerprint density at radius 3 is 2.76 bits per heavy atom. The number of rotatable bonds is 4. The highest BCUT2D eigenvalue weighted by Crippen LogP contribution is 2.19. The van der Waals surface area contributed by atoms with Gasteiger partial charge in [-0.15, -0.1) is 11.3 Å². The first-order chi connectivity index (χ1) is 7.89. The fourth-order valence-corrected chi connectivity index (χ4v) is 2.31. The van der Waals surface area contributed by atoms with Gasteiger partial charge in [-0.05, 0) is 32.2 Å². The van der Waals surface area contributed by atoms with Crippen LogP contribution in [-0.4, -0.2) is 34.6 Å². The zero-order valence-corrected chi connectivity index (χ0v) is 11.0. The lowest BCUT2D eigenvalue weighted by Crippen LogP contribution is -2.42. The van der Waals surface area contributed by atoms with E-state index < -0.39 is 5.60 Å². The van der Waals surface area contributed by atoms with Gasteiger partial charge in [0.25, 0.3) is 5.91 Å². The maximum Gasteiger partial charge on any atom is 0.265 e. The SMILES string of the molecule is CCN(CC(C)(C)O)C(=O)c1sccc1C#N. The van der Waals surface area contributed by atoms with Crippen molar-refractivity contribution in [3.05, 3.63) is 21.9 Å². The number of carbonyl (C=O) groups excluding carboxylic acids is 1. The number of nitrogens with zero attached hydrogens (tertiary/aromatic N) is 2. The van der Waals surface area contributed by atoms with E-state index in [1.54, 1.807) is 30.2 Å². The highest BCUT2D eigenvalue weighted by Gasteiger charge is 2.24. The highest BCUT2D eigenvalue weighted by molar-refractivity contribution is 7.12. The third-order valence-corrected chi connectivity index (χ3v) is 3.13. The molecule has 1 aromatic heterocycles. The molecule has 1 rings (SSSR count). The number of amides is 1. The van der Waals surface area contributed by atoms with Crippen molar-refractivity contribution in [3.63, 3.8) is 0 Å². The molecule has 5 heteroatoms. The van der Waals surface area contributed by atoms with Gasteiger partial charge in [0.1, 0.15) is 10.9 Å². The summed E-state index contributed by atoms with van der Waals surface area (Å²) in [5.41, 5.74) is -0.537. The molecule has 1 amide bonds. The highest BCUT2D eigenvalue weighted by atomic mass is 32.1. The predicted octanol–water partition coefficient (Wildman–Crippen LogP) is 1.85. The Bertz CT molecular complexity index is 440. The smallest absolute Gasteiger partial charge is 0.265 e. The number of carbonyl (C=O) groups is 1. The fraction of sp³-hybridized carbons (Fsp3) is 0.500. The van der Waals surface area contributed by atoms with Gasteiger partial charge in [0.15, 0.2) is 0 Å². The van der Waals surface area contributed by atoms with Crippen molar-refractivity contribution < 1.29 is 9.90 Å². The lowest BCUT2D eigenvalue weighted by molar-refractivity contribution is 0.0317. The topological polar surface area (TPSA) is 64.3 Å². The van der Waals surface area contributed by atoms with Crippen LogP contribution in [0.25, 0.3) is 0 Å². The molecule has 92 valence electrons. The Balaban J connectivity index is 2.91. The molecule has 0 aliphatic carbocycles. The number of nitriles is 1. The summed E-state index contributed by atoms with van der Waals surface area (Å²) >= 11 is 1.26. The molecule has 0 atom stereocenters. The lowest BCUT2D eigenvalue weighted by Gasteiger charge is -2.27. The number of likely N-dealkylation sites (N-methyl/N-ethyl adjacent to an activating group) is 1. The minimum atomic E-state index is -0.935. The monoisotopic (exact) mass is 252 g/mol. The van der Waals surface area contributed by atoms with Crippen LogP contribution in [0, 0.1) is 11.3 Å². The summed E-state index contributed by atoms with van der Waals surface area (Å²) in [6.07, 6.45) is 0. The van der Waals surface area contributed by atoms with E-state index in [0.717, 1.165) is 0 Å². The van der Waals surface area contributed by atoms with Crippen LogP contribution in [-0.2, 0) is 0 Å². The van der Waals surface area contributed by atoms with Crippen molar-refractivity contribution in [2.75, 3.05) is 13.1 Å². The molecule has 0 saturated carbocycles. The maximum atomic E-state index is 12.2. The van der Waals surface area contributed by atoms with E-state index in [2.05, 4.69) is 0 Å².